The van der Waals surface area contributed by atoms with Crippen LogP contribution in [0.3, 0.4) is 0 Å². The fraction of sp³-hybridized carbons (Fsp3) is 0.250. The fourth-order valence-corrected chi connectivity index (χ4v) is 2.31. The second kappa shape index (κ2) is 6.37. The zero-order chi connectivity index (χ0) is 14.7. The Morgan fingerprint density at radius 2 is 2.05 bits per heavy atom. The molecule has 0 unspecified atom stereocenters. The van der Waals surface area contributed by atoms with E-state index >= 15 is 0 Å². The predicted molar refractivity (Wildman–Crippen MR) is 82.2 cm³/mol. The molecular formula is C16H17BrFNO. The highest BCUT2D eigenvalue weighted by Gasteiger charge is 2.08. The average Bonchev–Trinajstić information content (AvgIpc) is 2.41. The number of halogens is 2. The summed E-state index contributed by atoms with van der Waals surface area (Å²) in [4.78, 5) is 0. The van der Waals surface area contributed by atoms with E-state index in [1.807, 2.05) is 38.1 Å². The van der Waals surface area contributed by atoms with Crippen molar-refractivity contribution in [3.05, 3.63) is 63.4 Å². The zero-order valence-electron chi connectivity index (χ0n) is 11.5. The Kier molecular flexibility index (Phi) is 4.78. The molecule has 4 heteroatoms. The SMILES string of the molecule is Cc1cc([C@@H](C)N)ccc1OCc1cccc(F)c1Br. The van der Waals surface area contributed by atoms with Crippen LogP contribution in [0.25, 0.3) is 0 Å². The first kappa shape index (κ1) is 15.0. The molecule has 20 heavy (non-hydrogen) atoms. The monoisotopic (exact) mass is 337 g/mol. The summed E-state index contributed by atoms with van der Waals surface area (Å²) in [6, 6.07) is 10.8. The minimum atomic E-state index is -0.282. The number of benzene rings is 2. The Hall–Kier alpha value is -1.39. The number of rotatable bonds is 4. The van der Waals surface area contributed by atoms with Crippen molar-refractivity contribution in [3.8, 4) is 5.75 Å². The molecule has 0 aliphatic carbocycles. The van der Waals surface area contributed by atoms with E-state index in [0.29, 0.717) is 11.1 Å². The molecule has 0 saturated carbocycles. The van der Waals surface area contributed by atoms with Crippen LogP contribution in [0, 0.1) is 12.7 Å². The molecule has 2 rings (SSSR count). The van der Waals surface area contributed by atoms with E-state index in [0.717, 1.165) is 22.4 Å². The quantitative estimate of drug-likeness (QED) is 0.891. The summed E-state index contributed by atoms with van der Waals surface area (Å²) in [6.45, 7) is 4.23. The van der Waals surface area contributed by atoms with Crippen LogP contribution in [0.5, 0.6) is 5.75 Å². The number of hydrogen-bond donors (Lipinski definition) is 1. The molecule has 0 aromatic heterocycles. The molecule has 0 aliphatic rings. The van der Waals surface area contributed by atoms with Crippen LogP contribution < -0.4 is 10.5 Å². The Labute approximate surface area is 126 Å². The van der Waals surface area contributed by atoms with Crippen LogP contribution in [0.4, 0.5) is 4.39 Å². The van der Waals surface area contributed by atoms with E-state index in [-0.39, 0.29) is 11.9 Å². The third-order valence-electron chi connectivity index (χ3n) is 3.14. The number of nitrogens with two attached hydrogens (primary N) is 1. The number of aryl methyl sites for hydroxylation is 1. The van der Waals surface area contributed by atoms with Crippen molar-refractivity contribution in [2.45, 2.75) is 26.5 Å². The van der Waals surface area contributed by atoms with Crippen LogP contribution in [0.1, 0.15) is 29.7 Å². The highest BCUT2D eigenvalue weighted by Crippen LogP contribution is 2.25. The fourth-order valence-electron chi connectivity index (χ4n) is 1.93. The standard InChI is InChI=1S/C16H17BrFNO/c1-10-8-12(11(2)19)6-7-15(10)20-9-13-4-3-5-14(18)16(13)17/h3-8,11H,9,19H2,1-2H3/t11-/m1/s1. The summed E-state index contributed by atoms with van der Waals surface area (Å²) >= 11 is 3.23. The Balaban J connectivity index is 2.13. The second-order valence-corrected chi connectivity index (χ2v) is 5.61. The van der Waals surface area contributed by atoms with Gasteiger partial charge in [-0.2, -0.15) is 0 Å². The minimum absolute atomic E-state index is 0.000105. The first-order valence-electron chi connectivity index (χ1n) is 6.41. The zero-order valence-corrected chi connectivity index (χ0v) is 13.1. The van der Waals surface area contributed by atoms with Crippen molar-refractivity contribution in [2.75, 3.05) is 0 Å². The maximum absolute atomic E-state index is 13.4. The van der Waals surface area contributed by atoms with E-state index in [1.165, 1.54) is 6.07 Å². The molecule has 2 aromatic carbocycles. The van der Waals surface area contributed by atoms with E-state index in [1.54, 1.807) is 6.07 Å². The first-order chi connectivity index (χ1) is 9.49. The summed E-state index contributed by atoms with van der Waals surface area (Å²) in [7, 11) is 0. The third kappa shape index (κ3) is 3.38. The van der Waals surface area contributed by atoms with Gasteiger partial charge in [0, 0.05) is 11.6 Å². The van der Waals surface area contributed by atoms with Crippen LogP contribution >= 0.6 is 15.9 Å². The largest absolute Gasteiger partial charge is 0.489 e. The summed E-state index contributed by atoms with van der Waals surface area (Å²) < 4.78 is 19.6. The maximum Gasteiger partial charge on any atom is 0.137 e. The van der Waals surface area contributed by atoms with Gasteiger partial charge in [0.05, 0.1) is 4.47 Å². The van der Waals surface area contributed by atoms with E-state index in [2.05, 4.69) is 15.9 Å². The lowest BCUT2D eigenvalue weighted by Crippen LogP contribution is -2.05. The Bertz CT molecular complexity index is 613. The van der Waals surface area contributed by atoms with Gasteiger partial charge in [-0.3, -0.25) is 0 Å². The van der Waals surface area contributed by atoms with Crippen molar-refractivity contribution in [2.24, 2.45) is 5.73 Å². The normalized spacial score (nSPS) is 12.2. The second-order valence-electron chi connectivity index (χ2n) is 4.82. The average molecular weight is 338 g/mol. The van der Waals surface area contributed by atoms with Gasteiger partial charge >= 0.3 is 0 Å². The maximum atomic E-state index is 13.4. The molecule has 0 amide bonds. The lowest BCUT2D eigenvalue weighted by atomic mass is 10.1. The molecule has 0 bridgehead atoms. The van der Waals surface area contributed by atoms with Crippen molar-refractivity contribution in [3.63, 3.8) is 0 Å². The molecule has 0 aliphatic heterocycles. The summed E-state index contributed by atoms with van der Waals surface area (Å²) in [5.41, 5.74) is 8.72. The lowest BCUT2D eigenvalue weighted by molar-refractivity contribution is 0.302. The van der Waals surface area contributed by atoms with E-state index in [9.17, 15) is 4.39 Å². The lowest BCUT2D eigenvalue weighted by Gasteiger charge is -2.13. The van der Waals surface area contributed by atoms with Crippen molar-refractivity contribution in [1.29, 1.82) is 0 Å². The van der Waals surface area contributed by atoms with Crippen LogP contribution in [-0.2, 0) is 6.61 Å². The van der Waals surface area contributed by atoms with Gasteiger partial charge in [-0.15, -0.1) is 0 Å². The van der Waals surface area contributed by atoms with Gasteiger partial charge in [0.15, 0.2) is 0 Å². The summed E-state index contributed by atoms with van der Waals surface area (Å²) in [6.07, 6.45) is 0. The van der Waals surface area contributed by atoms with E-state index in [4.69, 9.17) is 10.5 Å². The highest BCUT2D eigenvalue weighted by atomic mass is 79.9. The minimum Gasteiger partial charge on any atom is -0.489 e. The highest BCUT2D eigenvalue weighted by molar-refractivity contribution is 9.10. The first-order valence-corrected chi connectivity index (χ1v) is 7.20. The Morgan fingerprint density at radius 1 is 1.30 bits per heavy atom. The number of ether oxygens (including phenoxy) is 1. The molecular weight excluding hydrogens is 321 g/mol. The van der Waals surface area contributed by atoms with Crippen molar-refractivity contribution in [1.82, 2.24) is 0 Å². The molecule has 0 heterocycles. The molecule has 2 N–H and O–H groups in total. The molecule has 0 saturated heterocycles. The predicted octanol–water partition coefficient (Wildman–Crippen LogP) is 4.50. The molecule has 0 spiro atoms. The van der Waals surface area contributed by atoms with Gasteiger partial charge < -0.3 is 10.5 Å². The van der Waals surface area contributed by atoms with Gasteiger partial charge in [-0.25, -0.2) is 4.39 Å². The van der Waals surface area contributed by atoms with Crippen LogP contribution in [0.15, 0.2) is 40.9 Å². The smallest absolute Gasteiger partial charge is 0.137 e. The third-order valence-corrected chi connectivity index (χ3v) is 4.03. The van der Waals surface area contributed by atoms with Gasteiger partial charge in [0.25, 0.3) is 0 Å². The topological polar surface area (TPSA) is 35.2 Å². The number of hydrogen-bond acceptors (Lipinski definition) is 2. The molecule has 1 atom stereocenters. The van der Waals surface area contributed by atoms with E-state index < -0.39 is 0 Å². The van der Waals surface area contributed by atoms with Crippen molar-refractivity contribution < 1.29 is 9.13 Å². The summed E-state index contributed by atoms with van der Waals surface area (Å²) in [5, 5.41) is 0. The van der Waals surface area contributed by atoms with Gasteiger partial charge in [-0.1, -0.05) is 24.3 Å². The van der Waals surface area contributed by atoms with Crippen molar-refractivity contribution >= 4 is 15.9 Å². The van der Waals surface area contributed by atoms with Gasteiger partial charge in [0.2, 0.25) is 0 Å². The van der Waals surface area contributed by atoms with Crippen LogP contribution in [0.2, 0.25) is 0 Å². The Morgan fingerprint density at radius 3 is 2.70 bits per heavy atom. The summed E-state index contributed by atoms with van der Waals surface area (Å²) in [5.74, 6) is 0.501. The molecule has 0 fully saturated rings. The molecule has 0 radical (unpaired) electrons. The van der Waals surface area contributed by atoms with Crippen LogP contribution in [-0.4, -0.2) is 0 Å². The molecule has 2 aromatic rings. The van der Waals surface area contributed by atoms with Gasteiger partial charge in [-0.05, 0) is 53.0 Å². The molecule has 106 valence electrons. The van der Waals surface area contributed by atoms with Gasteiger partial charge in [0.1, 0.15) is 18.2 Å². The molecule has 2 nitrogen and oxygen atoms in total.